The number of rotatable bonds is 6. The number of fused-ring (bicyclic) bond motifs is 1. The van der Waals surface area contributed by atoms with Gasteiger partial charge >= 0.3 is 0 Å². The number of hydrogen-bond donors (Lipinski definition) is 1. The van der Waals surface area contributed by atoms with Gasteiger partial charge in [-0.15, -0.1) is 10.2 Å². The zero-order valence-electron chi connectivity index (χ0n) is 14.0. The lowest BCUT2D eigenvalue weighted by Crippen LogP contribution is -2.42. The van der Waals surface area contributed by atoms with E-state index in [4.69, 9.17) is 9.47 Å². The average Bonchev–Trinajstić information content (AvgIpc) is 2.96. The molecule has 2 aromatic rings. The van der Waals surface area contributed by atoms with Gasteiger partial charge in [-0.1, -0.05) is 12.1 Å². The molecule has 0 aliphatic carbocycles. The predicted octanol–water partition coefficient (Wildman–Crippen LogP) is 1.24. The van der Waals surface area contributed by atoms with Gasteiger partial charge in [0, 0.05) is 19.0 Å². The Hall–Kier alpha value is -2.41. The van der Waals surface area contributed by atoms with Gasteiger partial charge < -0.3 is 19.4 Å². The van der Waals surface area contributed by atoms with E-state index in [0.717, 1.165) is 42.3 Å². The molecule has 0 radical (unpaired) electrons. The minimum atomic E-state index is -0.0999. The van der Waals surface area contributed by atoms with Crippen molar-refractivity contribution in [3.63, 3.8) is 0 Å². The van der Waals surface area contributed by atoms with Crippen LogP contribution in [0.4, 0.5) is 0 Å². The lowest BCUT2D eigenvalue weighted by atomic mass is 10.1. The van der Waals surface area contributed by atoms with Gasteiger partial charge in [0.15, 0.2) is 0 Å². The summed E-state index contributed by atoms with van der Waals surface area (Å²) in [5.74, 6) is 2.56. The van der Waals surface area contributed by atoms with Gasteiger partial charge in [-0.25, -0.2) is 0 Å². The Morgan fingerprint density at radius 1 is 1.42 bits per heavy atom. The molecule has 2 heterocycles. The number of aryl methyl sites for hydroxylation is 2. The zero-order valence-corrected chi connectivity index (χ0v) is 14.0. The van der Waals surface area contributed by atoms with E-state index < -0.39 is 0 Å². The van der Waals surface area contributed by atoms with E-state index in [9.17, 15) is 4.79 Å². The highest BCUT2D eigenvalue weighted by Gasteiger charge is 2.22. The summed E-state index contributed by atoms with van der Waals surface area (Å²) in [5, 5.41) is 11.2. The molecule has 1 amide bonds. The van der Waals surface area contributed by atoms with Gasteiger partial charge in [0.25, 0.3) is 0 Å². The van der Waals surface area contributed by atoms with Crippen molar-refractivity contribution in [2.45, 2.75) is 39.0 Å². The number of nitrogens with zero attached hydrogens (tertiary/aromatic N) is 3. The molecule has 1 aromatic heterocycles. The summed E-state index contributed by atoms with van der Waals surface area (Å²) in [6.45, 7) is 3.07. The van der Waals surface area contributed by atoms with E-state index in [1.165, 1.54) is 0 Å². The van der Waals surface area contributed by atoms with Crippen LogP contribution in [-0.4, -0.2) is 40.4 Å². The molecule has 1 aliphatic heterocycles. The summed E-state index contributed by atoms with van der Waals surface area (Å²) in [5.41, 5.74) is 0.976. The first-order valence-corrected chi connectivity index (χ1v) is 8.04. The van der Waals surface area contributed by atoms with Crippen LogP contribution in [0.5, 0.6) is 5.75 Å². The van der Waals surface area contributed by atoms with Crippen molar-refractivity contribution in [2.75, 3.05) is 13.7 Å². The first-order chi connectivity index (χ1) is 11.7. The summed E-state index contributed by atoms with van der Waals surface area (Å²) in [7, 11) is 1.63. The highest BCUT2D eigenvalue weighted by molar-refractivity contribution is 5.77. The first kappa shape index (κ1) is 16.4. The van der Waals surface area contributed by atoms with Crippen LogP contribution in [0.15, 0.2) is 24.3 Å². The van der Waals surface area contributed by atoms with Crippen LogP contribution in [0.2, 0.25) is 0 Å². The van der Waals surface area contributed by atoms with Crippen molar-refractivity contribution in [1.29, 1.82) is 0 Å². The van der Waals surface area contributed by atoms with Gasteiger partial charge in [-0.3, -0.25) is 4.79 Å². The molecule has 0 fully saturated rings. The number of carbonyl (C=O) groups excluding carboxylic acids is 1. The number of benzene rings is 1. The maximum absolute atomic E-state index is 12.1. The lowest BCUT2D eigenvalue weighted by molar-refractivity contribution is -0.127. The fourth-order valence-corrected chi connectivity index (χ4v) is 2.87. The van der Waals surface area contributed by atoms with Gasteiger partial charge in [-0.05, 0) is 31.0 Å². The molecule has 1 aromatic carbocycles. The second-order valence-electron chi connectivity index (χ2n) is 5.92. The van der Waals surface area contributed by atoms with Crippen LogP contribution in [-0.2, 0) is 29.1 Å². The Kier molecular flexibility index (Phi) is 5.10. The van der Waals surface area contributed by atoms with Crippen LogP contribution in [0.25, 0.3) is 0 Å². The van der Waals surface area contributed by atoms with E-state index in [1.54, 1.807) is 7.11 Å². The van der Waals surface area contributed by atoms with Crippen LogP contribution in [0.1, 0.15) is 23.6 Å². The number of hydrogen-bond acceptors (Lipinski definition) is 5. The molecule has 1 atom stereocenters. The number of amides is 1. The highest BCUT2D eigenvalue weighted by atomic mass is 16.5. The monoisotopic (exact) mass is 330 g/mol. The van der Waals surface area contributed by atoms with Gasteiger partial charge in [-0.2, -0.15) is 0 Å². The molecule has 24 heavy (non-hydrogen) atoms. The topological polar surface area (TPSA) is 78.3 Å². The second kappa shape index (κ2) is 7.44. The molecule has 7 nitrogen and oxygen atoms in total. The Morgan fingerprint density at radius 3 is 3.12 bits per heavy atom. The molecular formula is C17H22N4O3. The normalized spacial score (nSPS) is 16.5. The Labute approximate surface area is 141 Å². The largest absolute Gasteiger partial charge is 0.497 e. The molecule has 128 valence electrons. The SMILES string of the molecule is COc1cccc(COCC(=O)NC2CCc3nnc(C)n3C2)c1. The molecule has 0 saturated heterocycles. The maximum atomic E-state index is 12.1. The van der Waals surface area contributed by atoms with E-state index >= 15 is 0 Å². The summed E-state index contributed by atoms with van der Waals surface area (Å²) in [4.78, 5) is 12.1. The fraction of sp³-hybridized carbons (Fsp3) is 0.471. The van der Waals surface area contributed by atoms with Crippen molar-refractivity contribution in [3.8, 4) is 5.75 Å². The summed E-state index contributed by atoms with van der Waals surface area (Å²) >= 11 is 0. The van der Waals surface area contributed by atoms with E-state index in [1.807, 2.05) is 31.2 Å². The summed E-state index contributed by atoms with van der Waals surface area (Å²) < 4.78 is 12.7. The van der Waals surface area contributed by atoms with Crippen molar-refractivity contribution in [3.05, 3.63) is 41.5 Å². The van der Waals surface area contributed by atoms with E-state index in [2.05, 4.69) is 20.1 Å². The van der Waals surface area contributed by atoms with Crippen molar-refractivity contribution in [2.24, 2.45) is 0 Å². The number of ether oxygens (including phenoxy) is 2. The zero-order chi connectivity index (χ0) is 16.9. The predicted molar refractivity (Wildman–Crippen MR) is 87.7 cm³/mol. The molecule has 0 bridgehead atoms. The summed E-state index contributed by atoms with van der Waals surface area (Å²) in [6, 6.07) is 7.71. The third-order valence-electron chi connectivity index (χ3n) is 4.13. The van der Waals surface area contributed by atoms with Crippen molar-refractivity contribution >= 4 is 5.91 Å². The van der Waals surface area contributed by atoms with E-state index in [0.29, 0.717) is 6.61 Å². The summed E-state index contributed by atoms with van der Waals surface area (Å²) in [6.07, 6.45) is 1.70. The van der Waals surface area contributed by atoms with Crippen LogP contribution < -0.4 is 10.1 Å². The number of methoxy groups -OCH3 is 1. The van der Waals surface area contributed by atoms with Gasteiger partial charge in [0.1, 0.15) is 24.0 Å². The maximum Gasteiger partial charge on any atom is 0.246 e. The van der Waals surface area contributed by atoms with Gasteiger partial charge in [0.05, 0.1) is 13.7 Å². The number of nitrogens with one attached hydrogen (secondary N) is 1. The Morgan fingerprint density at radius 2 is 2.29 bits per heavy atom. The number of carbonyl (C=O) groups is 1. The van der Waals surface area contributed by atoms with Crippen LogP contribution >= 0.6 is 0 Å². The quantitative estimate of drug-likeness (QED) is 0.862. The van der Waals surface area contributed by atoms with Crippen LogP contribution in [0, 0.1) is 6.92 Å². The standard InChI is InChI=1S/C17H22N4O3/c1-12-19-20-16-7-6-14(9-21(12)16)18-17(22)11-24-10-13-4-3-5-15(8-13)23-2/h3-5,8,14H,6-7,9-11H2,1-2H3,(H,18,22). The lowest BCUT2D eigenvalue weighted by Gasteiger charge is -2.24. The van der Waals surface area contributed by atoms with E-state index in [-0.39, 0.29) is 18.6 Å². The molecule has 1 N–H and O–H groups in total. The highest BCUT2D eigenvalue weighted by Crippen LogP contribution is 2.15. The molecule has 0 spiro atoms. The minimum absolute atomic E-state index is 0.0434. The minimum Gasteiger partial charge on any atom is -0.497 e. The van der Waals surface area contributed by atoms with Crippen LogP contribution in [0.3, 0.4) is 0 Å². The Balaban J connectivity index is 1.44. The molecular weight excluding hydrogens is 308 g/mol. The van der Waals surface area contributed by atoms with Crippen molar-refractivity contribution < 1.29 is 14.3 Å². The number of aromatic nitrogens is 3. The Bertz CT molecular complexity index is 714. The smallest absolute Gasteiger partial charge is 0.246 e. The molecule has 3 rings (SSSR count). The molecule has 1 unspecified atom stereocenters. The molecule has 1 aliphatic rings. The average molecular weight is 330 g/mol. The molecule has 7 heteroatoms. The second-order valence-corrected chi connectivity index (χ2v) is 5.92. The van der Waals surface area contributed by atoms with Crippen molar-refractivity contribution in [1.82, 2.24) is 20.1 Å². The van der Waals surface area contributed by atoms with Gasteiger partial charge in [0.2, 0.25) is 5.91 Å². The first-order valence-electron chi connectivity index (χ1n) is 8.04. The third kappa shape index (κ3) is 3.91. The third-order valence-corrected chi connectivity index (χ3v) is 4.13. The fourth-order valence-electron chi connectivity index (χ4n) is 2.87. The molecule has 0 saturated carbocycles.